The molecule has 198 valence electrons. The molecule has 2 aliphatic carbocycles. The van der Waals surface area contributed by atoms with Crippen LogP contribution < -0.4 is 4.57 Å². The Balaban J connectivity index is 1.67. The fourth-order valence-corrected chi connectivity index (χ4v) is 4.96. The number of hydrogen-bond acceptors (Lipinski definition) is 5. The Morgan fingerprint density at radius 3 is 2.08 bits per heavy atom. The van der Waals surface area contributed by atoms with Gasteiger partial charge in [0.2, 0.25) is 0 Å². The van der Waals surface area contributed by atoms with Crippen molar-refractivity contribution in [1.29, 1.82) is 0 Å². The molecule has 0 unspecified atom stereocenters. The molecular weight excluding hydrogens is 523 g/mol. The lowest BCUT2D eigenvalue weighted by molar-refractivity contribution is -0.672. The third-order valence-electron chi connectivity index (χ3n) is 6.54. The summed E-state index contributed by atoms with van der Waals surface area (Å²) in [7, 11) is 3.67. The first kappa shape index (κ1) is 27.4. The Bertz CT molecular complexity index is 1480. The Hall–Kier alpha value is -3.62. The number of carbonyl (C=O) groups excluding carboxylic acids is 1. The molecule has 1 aromatic heterocycles. The number of imidazole rings is 1. The van der Waals surface area contributed by atoms with E-state index in [1.54, 1.807) is 16.7 Å². The largest absolute Gasteiger partial charge is 0.491 e. The van der Waals surface area contributed by atoms with Crippen LogP contribution in [-0.4, -0.2) is 50.4 Å². The lowest BCUT2D eigenvalue weighted by Gasteiger charge is -2.21. The van der Waals surface area contributed by atoms with Crippen LogP contribution in [-0.2, 0) is 13.6 Å². The summed E-state index contributed by atoms with van der Waals surface area (Å²) < 4.78 is 3.60. The second-order valence-corrected chi connectivity index (χ2v) is 9.94. The molecule has 1 aliphatic heterocycles. The summed E-state index contributed by atoms with van der Waals surface area (Å²) in [5.41, 5.74) is 4.10. The van der Waals surface area contributed by atoms with Gasteiger partial charge >= 0.3 is 11.7 Å². The van der Waals surface area contributed by atoms with Gasteiger partial charge in [0.15, 0.2) is 5.82 Å². The van der Waals surface area contributed by atoms with Gasteiger partial charge in [-0.05, 0) is 63.1 Å². The fourth-order valence-electron chi connectivity index (χ4n) is 4.44. The Labute approximate surface area is 232 Å². The van der Waals surface area contributed by atoms with Crippen molar-refractivity contribution in [2.75, 3.05) is 13.6 Å². The maximum absolute atomic E-state index is 13.0. The highest BCUT2D eigenvalue weighted by Crippen LogP contribution is 2.35. The third-order valence-corrected chi connectivity index (χ3v) is 7.16. The molecule has 1 aromatic rings. The standard InChI is InChI=1S/C28H30Cl2N6O2/c1-7-35-11-9-33(5)27(35)25(37)31-23-15-21(29)19(13-17(23)3)20-14-18(4)24(16-22(20)30)32-26(38)28-34(6)10-12-36(28)8-2/h9-16H,7-8H2,1-6H3/p+1. The van der Waals surface area contributed by atoms with Crippen molar-refractivity contribution in [2.24, 2.45) is 17.0 Å². The zero-order valence-electron chi connectivity index (χ0n) is 22.3. The van der Waals surface area contributed by atoms with Crippen LogP contribution in [0.15, 0.2) is 103 Å². The Morgan fingerprint density at radius 2 is 1.53 bits per heavy atom. The minimum atomic E-state index is -0.343. The van der Waals surface area contributed by atoms with Crippen molar-refractivity contribution in [3.8, 4) is 0 Å². The van der Waals surface area contributed by atoms with Crippen LogP contribution in [0.5, 0.6) is 0 Å². The normalized spacial score (nSPS) is 23.2. The third kappa shape index (κ3) is 5.19. The number of halogens is 2. The summed E-state index contributed by atoms with van der Waals surface area (Å²) in [4.78, 5) is 25.5. The van der Waals surface area contributed by atoms with E-state index in [2.05, 4.69) is 9.98 Å². The molecule has 0 atom stereocenters. The number of hydrogen-bond donors (Lipinski definition) is 1. The van der Waals surface area contributed by atoms with Crippen molar-refractivity contribution in [3.05, 3.63) is 99.0 Å². The minimum Gasteiger partial charge on any atom is -0.491 e. The van der Waals surface area contributed by atoms with Gasteiger partial charge in [-0.2, -0.15) is 0 Å². The number of amides is 1. The van der Waals surface area contributed by atoms with Gasteiger partial charge in [-0.25, -0.2) is 19.1 Å². The summed E-state index contributed by atoms with van der Waals surface area (Å²) in [5.74, 6) is 0.646. The number of rotatable bonds is 4. The summed E-state index contributed by atoms with van der Waals surface area (Å²) in [6, 6.07) is 0. The van der Waals surface area contributed by atoms with E-state index in [9.17, 15) is 9.90 Å². The molecule has 1 amide bonds. The van der Waals surface area contributed by atoms with Gasteiger partial charge in [0.1, 0.15) is 12.4 Å². The molecule has 0 saturated carbocycles. The highest BCUT2D eigenvalue weighted by Gasteiger charge is 2.26. The van der Waals surface area contributed by atoms with Crippen molar-refractivity contribution < 1.29 is 14.5 Å². The molecule has 8 nitrogen and oxygen atoms in total. The summed E-state index contributed by atoms with van der Waals surface area (Å²) >= 11 is 13.4. The van der Waals surface area contributed by atoms with Gasteiger partial charge in [0.05, 0.1) is 35.1 Å². The summed E-state index contributed by atoms with van der Waals surface area (Å²) in [6.07, 6.45) is 14.6. The van der Waals surface area contributed by atoms with E-state index in [1.807, 2.05) is 93.1 Å². The van der Waals surface area contributed by atoms with E-state index >= 15 is 0 Å². The Kier molecular flexibility index (Phi) is 7.94. The highest BCUT2D eigenvalue weighted by molar-refractivity contribution is 6.38. The Morgan fingerprint density at radius 1 is 0.947 bits per heavy atom. The van der Waals surface area contributed by atoms with Crippen molar-refractivity contribution in [2.45, 2.75) is 34.2 Å². The number of allylic oxidation sites excluding steroid dienone is 10. The van der Waals surface area contributed by atoms with E-state index in [-0.39, 0.29) is 11.8 Å². The van der Waals surface area contributed by atoms with Crippen molar-refractivity contribution >= 4 is 40.5 Å². The SMILES string of the molecule is CCN1C=CN(C)C1=C(O)N=C1C=C(Cl)C(=C2C=C(C)C(=NC(=O)c3n(CC)cc[n+]3C)C=C2Cl)C=C1C. The zero-order chi connectivity index (χ0) is 27.7. The molecule has 10 heteroatoms. The lowest BCUT2D eigenvalue weighted by Crippen LogP contribution is -2.35. The molecule has 4 rings (SSSR count). The first-order valence-electron chi connectivity index (χ1n) is 12.3. The van der Waals surface area contributed by atoms with Crippen LogP contribution in [0, 0.1) is 0 Å². The number of carbonyl (C=O) groups is 1. The topological polar surface area (TPSA) is 77.3 Å². The zero-order valence-corrected chi connectivity index (χ0v) is 23.8. The maximum atomic E-state index is 13.0. The van der Waals surface area contributed by atoms with Crippen LogP contribution in [0.2, 0.25) is 0 Å². The quantitative estimate of drug-likeness (QED) is 0.408. The van der Waals surface area contributed by atoms with E-state index in [1.165, 1.54) is 0 Å². The highest BCUT2D eigenvalue weighted by atomic mass is 35.5. The first-order valence-corrected chi connectivity index (χ1v) is 13.1. The number of aliphatic imine (C=N–C) groups is 2. The van der Waals surface area contributed by atoms with Crippen LogP contribution in [0.3, 0.4) is 0 Å². The summed E-state index contributed by atoms with van der Waals surface area (Å²) in [6.45, 7) is 9.11. The van der Waals surface area contributed by atoms with E-state index in [0.29, 0.717) is 46.2 Å². The molecule has 0 radical (unpaired) electrons. The molecule has 0 bridgehead atoms. The molecule has 0 aromatic carbocycles. The van der Waals surface area contributed by atoms with Crippen LogP contribution in [0.4, 0.5) is 0 Å². The van der Waals surface area contributed by atoms with Gasteiger partial charge < -0.3 is 14.9 Å². The number of nitrogens with zero attached hydrogens (tertiary/aromatic N) is 6. The van der Waals surface area contributed by atoms with Crippen LogP contribution in [0.25, 0.3) is 0 Å². The van der Waals surface area contributed by atoms with E-state index < -0.39 is 0 Å². The van der Waals surface area contributed by atoms with Gasteiger partial charge in [-0.3, -0.25) is 4.79 Å². The van der Waals surface area contributed by atoms with Crippen LogP contribution in [0.1, 0.15) is 38.3 Å². The van der Waals surface area contributed by atoms with Gasteiger partial charge in [0, 0.05) is 37.1 Å². The van der Waals surface area contributed by atoms with Crippen LogP contribution >= 0.6 is 23.2 Å². The van der Waals surface area contributed by atoms with Gasteiger partial charge in [0.25, 0.3) is 5.88 Å². The van der Waals surface area contributed by atoms with E-state index in [0.717, 1.165) is 22.3 Å². The molecule has 2 heterocycles. The molecule has 0 fully saturated rings. The van der Waals surface area contributed by atoms with Gasteiger partial charge in [-0.15, -0.1) is 0 Å². The second-order valence-electron chi connectivity index (χ2n) is 9.13. The summed E-state index contributed by atoms with van der Waals surface area (Å²) in [5, 5.41) is 11.6. The molecule has 0 spiro atoms. The molecule has 0 saturated heterocycles. The second kappa shape index (κ2) is 11.0. The predicted octanol–water partition coefficient (Wildman–Crippen LogP) is 5.24. The van der Waals surface area contributed by atoms with Crippen molar-refractivity contribution in [1.82, 2.24) is 14.4 Å². The first-order chi connectivity index (χ1) is 18.0. The average molecular weight is 555 g/mol. The lowest BCUT2D eigenvalue weighted by atomic mass is 9.92. The monoisotopic (exact) mass is 553 g/mol. The minimum absolute atomic E-state index is 0.0987. The number of aryl methyl sites for hydroxylation is 2. The van der Waals surface area contributed by atoms with Gasteiger partial charge in [-0.1, -0.05) is 23.2 Å². The smallest absolute Gasteiger partial charge is 0.360 e. The molecular formula is C28H31Cl2N6O2+. The molecule has 1 N–H and O–H groups in total. The molecule has 3 aliphatic rings. The van der Waals surface area contributed by atoms with E-state index in [4.69, 9.17) is 23.2 Å². The van der Waals surface area contributed by atoms with Crippen molar-refractivity contribution in [3.63, 3.8) is 0 Å². The fraction of sp³-hybridized carbons (Fsp3) is 0.286. The maximum Gasteiger partial charge on any atom is 0.360 e. The number of aliphatic hydroxyl groups is 1. The number of aliphatic hydroxyl groups excluding tert-OH is 1. The molecule has 38 heavy (non-hydrogen) atoms. The average Bonchev–Trinajstić information content (AvgIpc) is 3.44. The predicted molar refractivity (Wildman–Crippen MR) is 152 cm³/mol. The number of aromatic nitrogens is 2.